The van der Waals surface area contributed by atoms with Crippen molar-refractivity contribution in [3.63, 3.8) is 0 Å². The number of hydrogen-bond acceptors (Lipinski definition) is 5. The quantitative estimate of drug-likeness (QED) is 0.758. The lowest BCUT2D eigenvalue weighted by Gasteiger charge is -2.18. The van der Waals surface area contributed by atoms with Crippen LogP contribution in [0.2, 0.25) is 0 Å². The number of nitrogens with zero attached hydrogens (tertiary/aromatic N) is 1. The van der Waals surface area contributed by atoms with Crippen LogP contribution in [0.4, 0.5) is 5.69 Å². The zero-order valence-electron chi connectivity index (χ0n) is 14.6. The molecule has 1 aliphatic carbocycles. The van der Waals surface area contributed by atoms with Crippen molar-refractivity contribution in [2.75, 3.05) is 24.2 Å². The standard InChI is InChI=1S/C18H21N3O4S/c1-13-11-15(8-7-14(13)12-19)20-18(22)16-5-3-4-6-17(16)21-26(23,24)10-9-25-2/h3-8,11,13-14,21H,9-10H2,1-2H3,(H,20,22). The van der Waals surface area contributed by atoms with Gasteiger partial charge in [-0.3, -0.25) is 9.52 Å². The normalized spacial score (nSPS) is 19.3. The molecule has 0 spiro atoms. The molecule has 1 amide bonds. The van der Waals surface area contributed by atoms with Crippen LogP contribution in [-0.2, 0) is 14.8 Å². The first-order valence-corrected chi connectivity index (χ1v) is 9.71. The summed E-state index contributed by atoms with van der Waals surface area (Å²) in [7, 11) is -2.21. The molecule has 7 nitrogen and oxygen atoms in total. The number of allylic oxidation sites excluding steroid dienone is 3. The largest absolute Gasteiger partial charge is 0.384 e. The number of sulfonamides is 1. The van der Waals surface area contributed by atoms with Crippen molar-refractivity contribution in [1.29, 1.82) is 5.26 Å². The average Bonchev–Trinajstić information content (AvgIpc) is 2.60. The van der Waals surface area contributed by atoms with Gasteiger partial charge in [-0.2, -0.15) is 5.26 Å². The van der Waals surface area contributed by atoms with Crippen LogP contribution >= 0.6 is 0 Å². The number of carbonyl (C=O) groups excluding carboxylic acids is 1. The third kappa shape index (κ3) is 5.18. The molecule has 2 N–H and O–H groups in total. The molecule has 2 rings (SSSR count). The highest BCUT2D eigenvalue weighted by atomic mass is 32.2. The van der Waals surface area contributed by atoms with Gasteiger partial charge in [0.15, 0.2) is 0 Å². The summed E-state index contributed by atoms with van der Waals surface area (Å²) < 4.78 is 31.3. The lowest BCUT2D eigenvalue weighted by atomic mass is 9.90. The van der Waals surface area contributed by atoms with E-state index in [1.807, 2.05) is 6.92 Å². The Morgan fingerprint density at radius 2 is 2.08 bits per heavy atom. The fourth-order valence-electron chi connectivity index (χ4n) is 2.45. The maximum Gasteiger partial charge on any atom is 0.257 e. The molecule has 2 unspecified atom stereocenters. The monoisotopic (exact) mass is 375 g/mol. The molecule has 0 fully saturated rings. The van der Waals surface area contributed by atoms with E-state index in [0.717, 1.165) is 0 Å². The number of nitriles is 1. The molecule has 0 saturated heterocycles. The van der Waals surface area contributed by atoms with Gasteiger partial charge in [-0.1, -0.05) is 31.2 Å². The third-order valence-electron chi connectivity index (χ3n) is 3.89. The van der Waals surface area contributed by atoms with Crippen molar-refractivity contribution in [1.82, 2.24) is 5.32 Å². The van der Waals surface area contributed by atoms with E-state index in [-0.39, 0.29) is 35.4 Å². The number of carbonyl (C=O) groups is 1. The summed E-state index contributed by atoms with van der Waals surface area (Å²) in [6.07, 6.45) is 5.22. The van der Waals surface area contributed by atoms with Gasteiger partial charge in [0.2, 0.25) is 10.0 Å². The number of benzene rings is 1. The van der Waals surface area contributed by atoms with Crippen molar-refractivity contribution < 1.29 is 17.9 Å². The van der Waals surface area contributed by atoms with Crippen LogP contribution < -0.4 is 10.0 Å². The number of para-hydroxylation sites is 1. The maximum atomic E-state index is 12.6. The van der Waals surface area contributed by atoms with Crippen molar-refractivity contribution in [3.05, 3.63) is 53.8 Å². The van der Waals surface area contributed by atoms with Gasteiger partial charge >= 0.3 is 0 Å². The van der Waals surface area contributed by atoms with E-state index in [4.69, 9.17) is 10.00 Å². The van der Waals surface area contributed by atoms with Gasteiger partial charge in [0, 0.05) is 12.8 Å². The Balaban J connectivity index is 2.16. The van der Waals surface area contributed by atoms with Crippen molar-refractivity contribution in [2.24, 2.45) is 11.8 Å². The van der Waals surface area contributed by atoms with Crippen LogP contribution in [0.1, 0.15) is 17.3 Å². The first kappa shape index (κ1) is 19.7. The van der Waals surface area contributed by atoms with Crippen LogP contribution in [-0.4, -0.2) is 33.8 Å². The molecule has 26 heavy (non-hydrogen) atoms. The molecule has 0 aliphatic heterocycles. The van der Waals surface area contributed by atoms with Crippen LogP contribution in [0.15, 0.2) is 48.2 Å². The number of amides is 1. The number of rotatable bonds is 7. The minimum absolute atomic E-state index is 0.0249. The topological polar surface area (TPSA) is 108 Å². The van der Waals surface area contributed by atoms with Gasteiger partial charge in [-0.15, -0.1) is 0 Å². The Morgan fingerprint density at radius 3 is 2.73 bits per heavy atom. The van der Waals surface area contributed by atoms with Gasteiger partial charge in [0.1, 0.15) is 0 Å². The number of methoxy groups -OCH3 is 1. The maximum absolute atomic E-state index is 12.6. The number of nitrogens with one attached hydrogen (secondary N) is 2. The van der Waals surface area contributed by atoms with Crippen LogP contribution in [0.5, 0.6) is 0 Å². The number of ether oxygens (including phenoxy) is 1. The Hall–Kier alpha value is -2.63. The first-order chi connectivity index (χ1) is 12.4. The fraction of sp³-hybridized carbons (Fsp3) is 0.333. The second kappa shape index (κ2) is 8.65. The van der Waals surface area contributed by atoms with Gasteiger partial charge in [0.25, 0.3) is 5.91 Å². The minimum Gasteiger partial charge on any atom is -0.384 e. The van der Waals surface area contributed by atoms with E-state index in [1.165, 1.54) is 19.2 Å². The molecule has 8 heteroatoms. The Labute approximate surface area is 153 Å². The predicted molar refractivity (Wildman–Crippen MR) is 98.7 cm³/mol. The highest BCUT2D eigenvalue weighted by Gasteiger charge is 2.20. The number of anilines is 1. The van der Waals surface area contributed by atoms with Gasteiger partial charge in [-0.05, 0) is 24.1 Å². The van der Waals surface area contributed by atoms with Crippen molar-refractivity contribution in [3.8, 4) is 6.07 Å². The molecule has 0 radical (unpaired) electrons. The highest BCUT2D eigenvalue weighted by Crippen LogP contribution is 2.22. The summed E-state index contributed by atoms with van der Waals surface area (Å²) in [5, 5.41) is 11.8. The fourth-order valence-corrected chi connectivity index (χ4v) is 3.45. The molecule has 0 bridgehead atoms. The highest BCUT2D eigenvalue weighted by molar-refractivity contribution is 7.92. The molecule has 0 heterocycles. The van der Waals surface area contributed by atoms with Crippen molar-refractivity contribution >= 4 is 21.6 Å². The molecule has 138 valence electrons. The molecule has 0 saturated carbocycles. The Kier molecular flexibility index (Phi) is 6.55. The molecule has 0 aromatic heterocycles. The van der Waals surface area contributed by atoms with Crippen molar-refractivity contribution in [2.45, 2.75) is 6.92 Å². The van der Waals surface area contributed by atoms with E-state index in [2.05, 4.69) is 16.1 Å². The molecular weight excluding hydrogens is 354 g/mol. The Bertz CT molecular complexity index is 869. The minimum atomic E-state index is -3.62. The summed E-state index contributed by atoms with van der Waals surface area (Å²) in [5.74, 6) is -0.896. The van der Waals surface area contributed by atoms with Crippen LogP contribution in [0, 0.1) is 23.2 Å². The third-order valence-corrected chi connectivity index (χ3v) is 5.13. The van der Waals surface area contributed by atoms with E-state index >= 15 is 0 Å². The van der Waals surface area contributed by atoms with Crippen LogP contribution in [0.3, 0.4) is 0 Å². The summed E-state index contributed by atoms with van der Waals surface area (Å²) in [6, 6.07) is 8.54. The molecule has 1 aliphatic rings. The van der Waals surface area contributed by atoms with Gasteiger partial charge < -0.3 is 10.1 Å². The van der Waals surface area contributed by atoms with Gasteiger partial charge in [-0.25, -0.2) is 8.42 Å². The van der Waals surface area contributed by atoms with E-state index in [1.54, 1.807) is 30.4 Å². The summed E-state index contributed by atoms with van der Waals surface area (Å²) in [5.41, 5.74) is 0.980. The zero-order valence-corrected chi connectivity index (χ0v) is 15.4. The molecular formula is C18H21N3O4S. The lowest BCUT2D eigenvalue weighted by molar-refractivity contribution is 0.0967. The second-order valence-electron chi connectivity index (χ2n) is 5.91. The summed E-state index contributed by atoms with van der Waals surface area (Å²) in [6.45, 7) is 1.95. The lowest BCUT2D eigenvalue weighted by Crippen LogP contribution is -2.27. The van der Waals surface area contributed by atoms with E-state index in [9.17, 15) is 13.2 Å². The molecule has 2 atom stereocenters. The zero-order chi connectivity index (χ0) is 19.2. The van der Waals surface area contributed by atoms with Crippen LogP contribution in [0.25, 0.3) is 0 Å². The SMILES string of the molecule is COCCS(=O)(=O)Nc1ccccc1C(=O)NC1=CC(C)C(C#N)C=C1. The Morgan fingerprint density at radius 1 is 1.35 bits per heavy atom. The van der Waals surface area contributed by atoms with Gasteiger partial charge in [0.05, 0.1) is 35.6 Å². The van der Waals surface area contributed by atoms with E-state index in [0.29, 0.717) is 5.70 Å². The number of hydrogen-bond donors (Lipinski definition) is 2. The average molecular weight is 375 g/mol. The van der Waals surface area contributed by atoms with E-state index < -0.39 is 15.9 Å². The predicted octanol–water partition coefficient (Wildman–Crippen LogP) is 2.03. The first-order valence-electron chi connectivity index (χ1n) is 8.05. The smallest absolute Gasteiger partial charge is 0.257 e. The molecule has 1 aromatic carbocycles. The summed E-state index contributed by atoms with van der Waals surface area (Å²) in [4.78, 5) is 12.6. The molecule has 1 aromatic rings. The second-order valence-corrected chi connectivity index (χ2v) is 7.75. The summed E-state index contributed by atoms with van der Waals surface area (Å²) >= 11 is 0.